The van der Waals surface area contributed by atoms with Crippen molar-refractivity contribution in [3.05, 3.63) is 36.5 Å². The van der Waals surface area contributed by atoms with E-state index in [0.29, 0.717) is 12.8 Å². The Bertz CT molecular complexity index is 1030. The number of unbranched alkanes of at least 4 members (excludes halogenated alkanes) is 22. The first-order valence-electron chi connectivity index (χ1n) is 23.5. The minimum Gasteiger partial charge on any atom is -0.544 e. The second kappa shape index (κ2) is 40.3. The van der Waals surface area contributed by atoms with Crippen molar-refractivity contribution in [2.45, 2.75) is 219 Å². The fourth-order valence-electron chi connectivity index (χ4n) is 6.87. The van der Waals surface area contributed by atoms with Crippen LogP contribution in [0.5, 0.6) is 0 Å². The Morgan fingerprint density at radius 1 is 0.544 bits per heavy atom. The fraction of sp³-hybridized carbons (Fsp3) is 0.816. The molecule has 0 aromatic carbocycles. The van der Waals surface area contributed by atoms with Crippen LogP contribution in [0.4, 0.5) is 0 Å². The van der Waals surface area contributed by atoms with Gasteiger partial charge in [-0.25, -0.2) is 0 Å². The lowest BCUT2D eigenvalue weighted by atomic mass is 10.0. The summed E-state index contributed by atoms with van der Waals surface area (Å²) in [4.78, 5) is 36.9. The summed E-state index contributed by atoms with van der Waals surface area (Å²) in [6.07, 6.45) is 46.0. The number of carbonyl (C=O) groups excluding carboxylic acids is 3. The summed E-state index contributed by atoms with van der Waals surface area (Å²) in [6, 6.07) is -0.725. The third-order valence-corrected chi connectivity index (χ3v) is 10.5. The van der Waals surface area contributed by atoms with Gasteiger partial charge in [0, 0.05) is 19.3 Å². The molecule has 8 nitrogen and oxygen atoms in total. The second-order valence-electron chi connectivity index (χ2n) is 17.0. The second-order valence-corrected chi connectivity index (χ2v) is 17.0. The van der Waals surface area contributed by atoms with E-state index in [4.69, 9.17) is 14.2 Å². The Labute approximate surface area is 351 Å². The van der Waals surface area contributed by atoms with Crippen LogP contribution >= 0.6 is 0 Å². The molecule has 0 spiro atoms. The third-order valence-electron chi connectivity index (χ3n) is 10.5. The average molecular weight is 804 g/mol. The molecule has 0 saturated heterocycles. The minimum atomic E-state index is -1.13. The predicted molar refractivity (Wildman–Crippen MR) is 236 cm³/mol. The van der Waals surface area contributed by atoms with Crippen LogP contribution in [-0.2, 0) is 28.6 Å². The molecule has 0 N–H and O–H groups in total. The van der Waals surface area contributed by atoms with Gasteiger partial charge in [0.2, 0.25) is 0 Å². The molecule has 0 radical (unpaired) electrons. The van der Waals surface area contributed by atoms with E-state index >= 15 is 0 Å². The smallest absolute Gasteiger partial charge is 0.306 e. The number of carboxylic acid groups (broad SMARTS) is 1. The normalized spacial score (nSPS) is 13.2. The van der Waals surface area contributed by atoms with Gasteiger partial charge in [-0.15, -0.1) is 0 Å². The number of likely N-dealkylation sites (N-methyl/N-ethyl adjacent to an activating group) is 1. The fourth-order valence-corrected chi connectivity index (χ4v) is 6.87. The number of carbonyl (C=O) groups is 3. The van der Waals surface area contributed by atoms with Crippen molar-refractivity contribution in [2.24, 2.45) is 0 Å². The molecule has 2 atom stereocenters. The van der Waals surface area contributed by atoms with Crippen LogP contribution in [-0.4, -0.2) is 75.5 Å². The monoisotopic (exact) mass is 804 g/mol. The van der Waals surface area contributed by atoms with Crippen LogP contribution in [0, 0.1) is 0 Å². The Balaban J connectivity index is 4.23. The van der Waals surface area contributed by atoms with Gasteiger partial charge in [-0.1, -0.05) is 159 Å². The molecular formula is C49H89NO7. The van der Waals surface area contributed by atoms with Crippen LogP contribution in [0.1, 0.15) is 206 Å². The van der Waals surface area contributed by atoms with Crippen molar-refractivity contribution in [3.63, 3.8) is 0 Å². The lowest BCUT2D eigenvalue weighted by Crippen LogP contribution is -2.55. The number of esters is 2. The molecule has 0 amide bonds. The molecule has 0 aliphatic heterocycles. The summed E-state index contributed by atoms with van der Waals surface area (Å²) < 4.78 is 17.2. The molecule has 0 aromatic rings. The number of aliphatic carboxylic acids is 1. The van der Waals surface area contributed by atoms with Crippen molar-refractivity contribution in [1.82, 2.24) is 0 Å². The van der Waals surface area contributed by atoms with Gasteiger partial charge < -0.3 is 28.6 Å². The molecule has 0 aromatic heterocycles. The SMILES string of the molecule is CC/C=C/C/C=C/CCCCCCCCCCCCCCCCC(=O)OC(COCCC(C(=O)[O-])[N+](C)(C)C)COC(=O)CCCCCCC/C=C/CCCCC. The predicted octanol–water partition coefficient (Wildman–Crippen LogP) is 11.7. The van der Waals surface area contributed by atoms with Gasteiger partial charge in [0.15, 0.2) is 6.10 Å². The van der Waals surface area contributed by atoms with Gasteiger partial charge in [-0.2, -0.15) is 0 Å². The Morgan fingerprint density at radius 2 is 0.982 bits per heavy atom. The highest BCUT2D eigenvalue weighted by atomic mass is 16.6. The zero-order chi connectivity index (χ0) is 42.1. The topological polar surface area (TPSA) is 102 Å². The van der Waals surface area contributed by atoms with Gasteiger partial charge >= 0.3 is 11.9 Å². The van der Waals surface area contributed by atoms with Gasteiger partial charge in [0.05, 0.1) is 40.3 Å². The number of hydrogen-bond acceptors (Lipinski definition) is 7. The summed E-state index contributed by atoms with van der Waals surface area (Å²) in [5.74, 6) is -1.74. The third kappa shape index (κ3) is 38.8. The maximum atomic E-state index is 12.7. The minimum absolute atomic E-state index is 0.0401. The zero-order valence-electron chi connectivity index (χ0n) is 37.8. The highest BCUT2D eigenvalue weighted by Crippen LogP contribution is 2.15. The average Bonchev–Trinajstić information content (AvgIpc) is 3.17. The zero-order valence-corrected chi connectivity index (χ0v) is 37.8. The maximum absolute atomic E-state index is 12.7. The molecule has 57 heavy (non-hydrogen) atoms. The molecule has 0 heterocycles. The quantitative estimate of drug-likeness (QED) is 0.0262. The van der Waals surface area contributed by atoms with Crippen LogP contribution in [0.25, 0.3) is 0 Å². The van der Waals surface area contributed by atoms with Crippen molar-refractivity contribution < 1.29 is 38.2 Å². The number of carboxylic acids is 1. The molecule has 332 valence electrons. The number of quaternary nitrogens is 1. The van der Waals surface area contributed by atoms with Gasteiger partial charge in [-0.3, -0.25) is 9.59 Å². The number of ether oxygens (including phenoxy) is 3. The molecule has 0 fully saturated rings. The molecule has 2 unspecified atom stereocenters. The van der Waals surface area contributed by atoms with E-state index in [0.717, 1.165) is 64.2 Å². The molecule has 8 heteroatoms. The first kappa shape index (κ1) is 54.6. The molecule has 0 aliphatic rings. The van der Waals surface area contributed by atoms with Gasteiger partial charge in [0.1, 0.15) is 12.6 Å². The number of hydrogen-bond donors (Lipinski definition) is 0. The number of rotatable bonds is 42. The highest BCUT2D eigenvalue weighted by molar-refractivity contribution is 5.70. The molecule has 0 bridgehead atoms. The van der Waals surface area contributed by atoms with Gasteiger partial charge in [0.25, 0.3) is 0 Å². The van der Waals surface area contributed by atoms with Crippen molar-refractivity contribution in [3.8, 4) is 0 Å². The first-order valence-corrected chi connectivity index (χ1v) is 23.5. The van der Waals surface area contributed by atoms with E-state index in [-0.39, 0.29) is 42.7 Å². The Kier molecular flexibility index (Phi) is 38.6. The number of nitrogens with zero attached hydrogens (tertiary/aromatic N) is 1. The van der Waals surface area contributed by atoms with Gasteiger partial charge in [-0.05, 0) is 64.2 Å². The first-order chi connectivity index (χ1) is 27.6. The van der Waals surface area contributed by atoms with E-state index in [1.54, 1.807) is 21.1 Å². The van der Waals surface area contributed by atoms with Crippen LogP contribution in [0.3, 0.4) is 0 Å². The summed E-state index contributed by atoms with van der Waals surface area (Å²) >= 11 is 0. The van der Waals surface area contributed by atoms with E-state index in [1.165, 1.54) is 109 Å². The van der Waals surface area contributed by atoms with Crippen LogP contribution in [0.2, 0.25) is 0 Å². The van der Waals surface area contributed by atoms with Crippen molar-refractivity contribution in [1.29, 1.82) is 0 Å². The summed E-state index contributed by atoms with van der Waals surface area (Å²) in [6.45, 7) is 4.54. The maximum Gasteiger partial charge on any atom is 0.306 e. The summed E-state index contributed by atoms with van der Waals surface area (Å²) in [7, 11) is 5.41. The van der Waals surface area contributed by atoms with Crippen molar-refractivity contribution >= 4 is 17.9 Å². The van der Waals surface area contributed by atoms with Crippen LogP contribution < -0.4 is 5.11 Å². The van der Waals surface area contributed by atoms with E-state index in [1.807, 2.05) is 0 Å². The summed E-state index contributed by atoms with van der Waals surface area (Å²) in [5, 5.41) is 11.6. The van der Waals surface area contributed by atoms with E-state index < -0.39 is 18.1 Å². The largest absolute Gasteiger partial charge is 0.544 e. The number of allylic oxidation sites excluding steroid dienone is 6. The lowest BCUT2D eigenvalue weighted by molar-refractivity contribution is -0.889. The standard InChI is InChI=1S/C49H89NO7/c1-6-8-10-12-14-16-18-20-21-22-23-24-25-26-27-28-30-32-34-36-38-40-48(52)57-45(43-55-42-41-46(49(53)54)50(3,4)5)44-56-47(51)39-37-35-33-31-29-19-17-15-13-11-9-7-2/h8,10,14-17,45-46H,6-7,9,11-13,18-44H2,1-5H3/b10-8+,16-14+,17-15+. The van der Waals surface area contributed by atoms with E-state index in [9.17, 15) is 19.5 Å². The van der Waals surface area contributed by atoms with Crippen molar-refractivity contribution in [2.75, 3.05) is 41.0 Å². The molecule has 0 aliphatic carbocycles. The Hall–Kier alpha value is -2.45. The Morgan fingerprint density at radius 3 is 1.46 bits per heavy atom. The van der Waals surface area contributed by atoms with E-state index in [2.05, 4.69) is 50.3 Å². The molecular weight excluding hydrogens is 715 g/mol. The molecule has 0 rings (SSSR count). The summed E-state index contributed by atoms with van der Waals surface area (Å²) in [5.41, 5.74) is 0. The molecule has 0 saturated carbocycles. The lowest BCUT2D eigenvalue weighted by Gasteiger charge is -2.34. The highest BCUT2D eigenvalue weighted by Gasteiger charge is 2.25. The van der Waals surface area contributed by atoms with Crippen LogP contribution in [0.15, 0.2) is 36.5 Å².